The number of benzene rings is 2. The van der Waals surface area contributed by atoms with Crippen LogP contribution in [0.4, 0.5) is 16.4 Å². The zero-order valence-electron chi connectivity index (χ0n) is 23.4. The molecular weight excluding hydrogens is 532 g/mol. The third-order valence-corrected chi connectivity index (χ3v) is 8.10. The molecule has 1 spiro atoms. The number of pyridine rings is 1. The Bertz CT molecular complexity index is 1620. The van der Waals surface area contributed by atoms with Gasteiger partial charge in [0.25, 0.3) is 5.91 Å². The highest BCUT2D eigenvalue weighted by Crippen LogP contribution is 2.41. The molecule has 3 amide bonds. The fourth-order valence-electron chi connectivity index (χ4n) is 5.72. The van der Waals surface area contributed by atoms with Crippen LogP contribution in [-0.2, 0) is 16.1 Å². The highest BCUT2D eigenvalue weighted by Gasteiger charge is 2.60. The number of urea groups is 1. The van der Waals surface area contributed by atoms with E-state index >= 15 is 0 Å². The van der Waals surface area contributed by atoms with E-state index in [1.54, 1.807) is 48.9 Å². The molecule has 0 atom stereocenters. The summed E-state index contributed by atoms with van der Waals surface area (Å²) in [5.74, 6) is -0.458. The second-order valence-electron chi connectivity index (χ2n) is 10.5. The van der Waals surface area contributed by atoms with Gasteiger partial charge in [0.05, 0.1) is 24.1 Å². The standard InChI is InChI=1S/C32H30N6O4/c1-22-5-3-16-33-27(22)21-36-19-14-32(15-20-36)29(40)37(31(41)38(32)30-34-17-4-18-35-30)26-12-10-24(11-13-26)23-6-8-25(9-7-23)28(39)42-2/h3-13,16-18H,14-15,19-21H2,1-2H3. The first-order valence-electron chi connectivity index (χ1n) is 13.8. The molecule has 2 aliphatic rings. The molecule has 0 saturated carbocycles. The minimum atomic E-state index is -1.09. The first-order chi connectivity index (χ1) is 20.4. The van der Waals surface area contributed by atoms with E-state index < -0.39 is 17.5 Å². The van der Waals surface area contributed by atoms with E-state index in [-0.39, 0.29) is 11.9 Å². The van der Waals surface area contributed by atoms with Crippen molar-refractivity contribution in [1.82, 2.24) is 19.9 Å². The van der Waals surface area contributed by atoms with E-state index in [9.17, 15) is 14.4 Å². The molecule has 0 aliphatic carbocycles. The van der Waals surface area contributed by atoms with Crippen LogP contribution in [0.25, 0.3) is 11.1 Å². The van der Waals surface area contributed by atoms with Crippen LogP contribution >= 0.6 is 0 Å². The number of ether oxygens (including phenoxy) is 1. The van der Waals surface area contributed by atoms with Crippen molar-refractivity contribution in [2.75, 3.05) is 30.0 Å². The SMILES string of the molecule is COC(=O)c1ccc(-c2ccc(N3C(=O)N(c4ncccn4)C4(CCN(Cc5ncccc5C)CC4)C3=O)cc2)cc1. The number of nitrogens with zero attached hydrogens (tertiary/aromatic N) is 6. The van der Waals surface area contributed by atoms with Crippen LogP contribution < -0.4 is 9.80 Å². The van der Waals surface area contributed by atoms with Crippen LogP contribution in [0.3, 0.4) is 0 Å². The summed E-state index contributed by atoms with van der Waals surface area (Å²) in [6, 6.07) is 19.5. The third kappa shape index (κ3) is 4.79. The summed E-state index contributed by atoms with van der Waals surface area (Å²) in [5.41, 5.74) is 3.75. The van der Waals surface area contributed by atoms with Gasteiger partial charge in [-0.15, -0.1) is 0 Å². The molecule has 2 aromatic heterocycles. The monoisotopic (exact) mass is 562 g/mol. The quantitative estimate of drug-likeness (QED) is 0.247. The fourth-order valence-corrected chi connectivity index (χ4v) is 5.72. The van der Waals surface area contributed by atoms with Crippen LogP contribution in [0.5, 0.6) is 0 Å². The largest absolute Gasteiger partial charge is 0.465 e. The molecule has 42 heavy (non-hydrogen) atoms. The van der Waals surface area contributed by atoms with Gasteiger partial charge in [-0.1, -0.05) is 30.3 Å². The van der Waals surface area contributed by atoms with Crippen molar-refractivity contribution < 1.29 is 19.1 Å². The maximum Gasteiger partial charge on any atom is 0.339 e. The van der Waals surface area contributed by atoms with Crippen LogP contribution in [0.2, 0.25) is 0 Å². The number of anilines is 2. The second-order valence-corrected chi connectivity index (χ2v) is 10.5. The molecule has 2 fully saturated rings. The van der Waals surface area contributed by atoms with E-state index in [0.29, 0.717) is 43.7 Å². The van der Waals surface area contributed by atoms with E-state index in [0.717, 1.165) is 22.4 Å². The molecule has 0 bridgehead atoms. The van der Waals surface area contributed by atoms with Crippen molar-refractivity contribution in [1.29, 1.82) is 0 Å². The van der Waals surface area contributed by atoms with Gasteiger partial charge in [-0.25, -0.2) is 29.4 Å². The van der Waals surface area contributed by atoms with Crippen molar-refractivity contribution in [2.24, 2.45) is 0 Å². The Morgan fingerprint density at radius 3 is 2.10 bits per heavy atom. The number of aryl methyl sites for hydroxylation is 1. The van der Waals surface area contributed by atoms with Crippen LogP contribution in [-0.4, -0.2) is 63.5 Å². The molecular formula is C32H30N6O4. The number of esters is 1. The van der Waals surface area contributed by atoms with Crippen LogP contribution in [0.15, 0.2) is 85.3 Å². The highest BCUT2D eigenvalue weighted by atomic mass is 16.5. The van der Waals surface area contributed by atoms with E-state index in [2.05, 4.69) is 19.9 Å². The lowest BCUT2D eigenvalue weighted by Gasteiger charge is -2.41. The summed E-state index contributed by atoms with van der Waals surface area (Å²) in [7, 11) is 1.34. The van der Waals surface area contributed by atoms with Gasteiger partial charge in [0.2, 0.25) is 5.95 Å². The summed E-state index contributed by atoms with van der Waals surface area (Å²) < 4.78 is 4.77. The number of hydrogen-bond donors (Lipinski definition) is 0. The van der Waals surface area contributed by atoms with Gasteiger partial charge < -0.3 is 4.74 Å². The van der Waals surface area contributed by atoms with Gasteiger partial charge in [0.1, 0.15) is 5.54 Å². The van der Waals surface area contributed by atoms with Crippen molar-refractivity contribution in [2.45, 2.75) is 31.8 Å². The number of piperidine rings is 1. The molecule has 0 radical (unpaired) electrons. The Balaban J connectivity index is 1.27. The number of carbonyl (C=O) groups excluding carboxylic acids is 3. The molecule has 4 aromatic rings. The lowest BCUT2D eigenvalue weighted by molar-refractivity contribution is -0.123. The molecule has 2 aliphatic heterocycles. The van der Waals surface area contributed by atoms with Gasteiger partial charge in [-0.05, 0) is 72.9 Å². The molecule has 2 aromatic carbocycles. The average Bonchev–Trinajstić information content (AvgIpc) is 3.24. The third-order valence-electron chi connectivity index (χ3n) is 8.10. The summed E-state index contributed by atoms with van der Waals surface area (Å²) in [6.07, 6.45) is 5.85. The number of methoxy groups -OCH3 is 1. The molecule has 212 valence electrons. The number of imide groups is 1. The Kier molecular flexibility index (Phi) is 7.22. The van der Waals surface area contributed by atoms with Gasteiger partial charge in [0, 0.05) is 38.2 Å². The molecule has 10 nitrogen and oxygen atoms in total. The van der Waals surface area contributed by atoms with Crippen molar-refractivity contribution in [3.63, 3.8) is 0 Å². The number of likely N-dealkylation sites (tertiary alicyclic amines) is 1. The predicted octanol–water partition coefficient (Wildman–Crippen LogP) is 4.64. The summed E-state index contributed by atoms with van der Waals surface area (Å²) in [4.78, 5) is 58.2. The number of rotatable bonds is 6. The molecule has 0 unspecified atom stereocenters. The number of aromatic nitrogens is 3. The first kappa shape index (κ1) is 27.2. The molecule has 10 heteroatoms. The molecule has 4 heterocycles. The minimum Gasteiger partial charge on any atom is -0.465 e. The molecule has 0 N–H and O–H groups in total. The van der Waals surface area contributed by atoms with Crippen molar-refractivity contribution >= 4 is 29.5 Å². The molecule has 6 rings (SSSR count). The lowest BCUT2D eigenvalue weighted by atomic mass is 9.85. The van der Waals surface area contributed by atoms with Gasteiger partial charge >= 0.3 is 12.0 Å². The minimum absolute atomic E-state index is 0.217. The smallest absolute Gasteiger partial charge is 0.339 e. The second kappa shape index (κ2) is 11.1. The van der Waals surface area contributed by atoms with Crippen molar-refractivity contribution in [3.05, 3.63) is 102 Å². The lowest BCUT2D eigenvalue weighted by Crippen LogP contribution is -2.57. The van der Waals surface area contributed by atoms with Gasteiger partial charge in [-0.2, -0.15) is 0 Å². The Morgan fingerprint density at radius 2 is 1.48 bits per heavy atom. The zero-order chi connectivity index (χ0) is 29.3. The van der Waals surface area contributed by atoms with E-state index in [1.807, 2.05) is 43.3 Å². The zero-order valence-corrected chi connectivity index (χ0v) is 23.4. The van der Waals surface area contributed by atoms with Crippen molar-refractivity contribution in [3.8, 4) is 11.1 Å². The fraction of sp³-hybridized carbons (Fsp3) is 0.250. The maximum absolute atomic E-state index is 14.2. The first-order valence-corrected chi connectivity index (χ1v) is 13.8. The Morgan fingerprint density at radius 1 is 0.857 bits per heavy atom. The average molecular weight is 563 g/mol. The Hall–Kier alpha value is -4.96. The topological polar surface area (TPSA) is 109 Å². The van der Waals surface area contributed by atoms with Crippen LogP contribution in [0.1, 0.15) is 34.5 Å². The summed E-state index contributed by atoms with van der Waals surface area (Å²) in [6.45, 7) is 3.96. The van der Waals surface area contributed by atoms with Gasteiger partial charge in [0.15, 0.2) is 0 Å². The maximum atomic E-state index is 14.2. The summed E-state index contributed by atoms with van der Waals surface area (Å²) in [5, 5.41) is 0. The normalized spacial score (nSPS) is 16.7. The summed E-state index contributed by atoms with van der Waals surface area (Å²) >= 11 is 0. The predicted molar refractivity (Wildman–Crippen MR) is 157 cm³/mol. The van der Waals surface area contributed by atoms with Crippen LogP contribution in [0, 0.1) is 6.92 Å². The highest BCUT2D eigenvalue weighted by molar-refractivity contribution is 6.30. The number of hydrogen-bond acceptors (Lipinski definition) is 8. The van der Waals surface area contributed by atoms with E-state index in [4.69, 9.17) is 4.74 Å². The Labute approximate surface area is 243 Å². The van der Waals surface area contributed by atoms with Gasteiger partial charge in [-0.3, -0.25) is 14.7 Å². The number of carbonyl (C=O) groups is 3. The number of amides is 3. The van der Waals surface area contributed by atoms with E-state index in [1.165, 1.54) is 16.9 Å². The molecule has 2 saturated heterocycles.